The summed E-state index contributed by atoms with van der Waals surface area (Å²) in [4.78, 5) is 23.6. The fourth-order valence-electron chi connectivity index (χ4n) is 2.00. The fourth-order valence-corrected chi connectivity index (χ4v) is 2.00. The predicted octanol–water partition coefficient (Wildman–Crippen LogP) is 1.57. The van der Waals surface area contributed by atoms with E-state index in [1.165, 1.54) is 0 Å². The van der Waals surface area contributed by atoms with E-state index >= 15 is 0 Å². The van der Waals surface area contributed by atoms with Crippen LogP contribution < -0.4 is 5.32 Å². The minimum atomic E-state index is -0.359. The highest BCUT2D eigenvalue weighted by atomic mass is 16.2. The maximum absolute atomic E-state index is 11.8. The lowest BCUT2D eigenvalue weighted by Gasteiger charge is -2.25. The second kappa shape index (κ2) is 4.08. The van der Waals surface area contributed by atoms with Gasteiger partial charge in [0.15, 0.2) is 5.78 Å². The first kappa shape index (κ1) is 10.9. The van der Waals surface area contributed by atoms with Crippen LogP contribution in [-0.2, 0) is 11.2 Å². The Morgan fingerprint density at radius 1 is 1.38 bits per heavy atom. The van der Waals surface area contributed by atoms with Crippen LogP contribution in [0.25, 0.3) is 0 Å². The Morgan fingerprint density at radius 3 is 2.75 bits per heavy atom. The summed E-state index contributed by atoms with van der Waals surface area (Å²) >= 11 is 0. The number of Topliss-reactive ketones (excluding diaryl/α,β-unsaturated/α-hetero) is 1. The number of hydrogen-bond acceptors (Lipinski definition) is 2. The van der Waals surface area contributed by atoms with E-state index in [1.54, 1.807) is 6.07 Å². The first-order chi connectivity index (χ1) is 7.59. The zero-order valence-corrected chi connectivity index (χ0v) is 9.49. The lowest BCUT2D eigenvalue weighted by molar-refractivity contribution is -0.123. The minimum absolute atomic E-state index is 0.0458. The molecule has 2 rings (SSSR count). The van der Waals surface area contributed by atoms with Gasteiger partial charge in [-0.25, -0.2) is 0 Å². The Morgan fingerprint density at radius 2 is 2.06 bits per heavy atom. The lowest BCUT2D eigenvalue weighted by atomic mass is 9.90. The molecule has 3 nitrogen and oxygen atoms in total. The zero-order valence-electron chi connectivity index (χ0n) is 9.49. The number of amides is 1. The van der Waals surface area contributed by atoms with Gasteiger partial charge in [0, 0.05) is 17.9 Å². The molecule has 1 aliphatic heterocycles. The van der Waals surface area contributed by atoms with Crippen LogP contribution in [0.5, 0.6) is 0 Å². The Hall–Kier alpha value is -1.64. The molecule has 1 aromatic rings. The summed E-state index contributed by atoms with van der Waals surface area (Å²) in [5.41, 5.74) is 1.65. The van der Waals surface area contributed by atoms with Gasteiger partial charge in [-0.3, -0.25) is 9.59 Å². The molecule has 0 radical (unpaired) electrons. The molecule has 0 aliphatic carbocycles. The average molecular weight is 217 g/mol. The van der Waals surface area contributed by atoms with E-state index in [4.69, 9.17) is 0 Å². The topological polar surface area (TPSA) is 46.2 Å². The number of rotatable bonds is 2. The molecule has 0 unspecified atom stereocenters. The molecular weight excluding hydrogens is 202 g/mol. The van der Waals surface area contributed by atoms with E-state index in [0.29, 0.717) is 12.0 Å². The van der Waals surface area contributed by atoms with Gasteiger partial charge in [-0.05, 0) is 11.6 Å². The SMILES string of the molecule is CC(C)C(=O)[C@@H]1Cc2ccccc2C(=O)N1. The van der Waals surface area contributed by atoms with Crippen molar-refractivity contribution in [2.75, 3.05) is 0 Å². The molecule has 1 atom stereocenters. The van der Waals surface area contributed by atoms with Crippen LogP contribution in [0.1, 0.15) is 29.8 Å². The Bertz CT molecular complexity index is 437. The maximum Gasteiger partial charge on any atom is 0.252 e. The molecule has 1 heterocycles. The van der Waals surface area contributed by atoms with Crippen LogP contribution in [-0.4, -0.2) is 17.7 Å². The van der Waals surface area contributed by atoms with Crippen LogP contribution in [0.15, 0.2) is 24.3 Å². The van der Waals surface area contributed by atoms with Gasteiger partial charge in [0.05, 0.1) is 6.04 Å². The van der Waals surface area contributed by atoms with E-state index < -0.39 is 0 Å². The molecule has 1 amide bonds. The maximum atomic E-state index is 11.8. The molecular formula is C13H15NO2. The number of ketones is 1. The highest BCUT2D eigenvalue weighted by Gasteiger charge is 2.29. The third-order valence-corrected chi connectivity index (χ3v) is 2.90. The number of nitrogens with one attached hydrogen (secondary N) is 1. The Kier molecular flexibility index (Phi) is 2.77. The zero-order chi connectivity index (χ0) is 11.7. The van der Waals surface area contributed by atoms with Crippen molar-refractivity contribution in [3.05, 3.63) is 35.4 Å². The van der Waals surface area contributed by atoms with Gasteiger partial charge in [0.25, 0.3) is 5.91 Å². The summed E-state index contributed by atoms with van der Waals surface area (Å²) in [5, 5.41) is 2.77. The van der Waals surface area contributed by atoms with Crippen LogP contribution in [0.3, 0.4) is 0 Å². The molecule has 84 valence electrons. The van der Waals surface area contributed by atoms with E-state index in [0.717, 1.165) is 5.56 Å². The number of carbonyl (C=O) groups excluding carboxylic acids is 2. The molecule has 1 N–H and O–H groups in total. The van der Waals surface area contributed by atoms with Gasteiger partial charge in [0.1, 0.15) is 0 Å². The highest BCUT2D eigenvalue weighted by molar-refractivity contribution is 6.01. The summed E-state index contributed by atoms with van der Waals surface area (Å²) in [5.74, 6) is -0.0840. The van der Waals surface area contributed by atoms with Gasteiger partial charge < -0.3 is 5.32 Å². The summed E-state index contributed by atoms with van der Waals surface area (Å²) in [6, 6.07) is 7.08. The van der Waals surface area contributed by atoms with E-state index in [1.807, 2.05) is 32.0 Å². The third-order valence-electron chi connectivity index (χ3n) is 2.90. The van der Waals surface area contributed by atoms with Crippen LogP contribution in [0, 0.1) is 5.92 Å². The average Bonchev–Trinajstić information content (AvgIpc) is 2.28. The van der Waals surface area contributed by atoms with Crippen molar-refractivity contribution in [3.63, 3.8) is 0 Å². The Balaban J connectivity index is 2.28. The van der Waals surface area contributed by atoms with E-state index in [2.05, 4.69) is 5.32 Å². The van der Waals surface area contributed by atoms with Gasteiger partial charge >= 0.3 is 0 Å². The molecule has 1 aliphatic rings. The summed E-state index contributed by atoms with van der Waals surface area (Å²) in [7, 11) is 0. The van der Waals surface area contributed by atoms with Gasteiger partial charge in [-0.15, -0.1) is 0 Å². The standard InChI is InChI=1S/C13H15NO2/c1-8(2)12(15)11-7-9-5-3-4-6-10(9)13(16)14-11/h3-6,8,11H,7H2,1-2H3,(H,14,16)/t11-/m0/s1. The smallest absolute Gasteiger partial charge is 0.252 e. The summed E-state index contributed by atoms with van der Waals surface area (Å²) in [6.07, 6.45) is 0.610. The van der Waals surface area contributed by atoms with Crippen LogP contribution in [0.2, 0.25) is 0 Å². The van der Waals surface area contributed by atoms with E-state index in [-0.39, 0.29) is 23.7 Å². The summed E-state index contributed by atoms with van der Waals surface area (Å²) < 4.78 is 0. The molecule has 1 aromatic carbocycles. The first-order valence-electron chi connectivity index (χ1n) is 5.52. The van der Waals surface area contributed by atoms with Crippen molar-refractivity contribution in [1.29, 1.82) is 0 Å². The molecule has 0 bridgehead atoms. The van der Waals surface area contributed by atoms with Crippen molar-refractivity contribution >= 4 is 11.7 Å². The van der Waals surface area contributed by atoms with Crippen molar-refractivity contribution in [1.82, 2.24) is 5.32 Å². The molecule has 3 heteroatoms. The van der Waals surface area contributed by atoms with Crippen molar-refractivity contribution in [3.8, 4) is 0 Å². The fraction of sp³-hybridized carbons (Fsp3) is 0.385. The number of fused-ring (bicyclic) bond motifs is 1. The summed E-state index contributed by atoms with van der Waals surface area (Å²) in [6.45, 7) is 3.71. The Labute approximate surface area is 94.9 Å². The second-order valence-corrected chi connectivity index (χ2v) is 4.44. The molecule has 0 saturated heterocycles. The molecule has 0 saturated carbocycles. The number of benzene rings is 1. The van der Waals surface area contributed by atoms with Crippen LogP contribution >= 0.6 is 0 Å². The number of carbonyl (C=O) groups is 2. The molecule has 16 heavy (non-hydrogen) atoms. The van der Waals surface area contributed by atoms with Gasteiger partial charge in [-0.2, -0.15) is 0 Å². The van der Waals surface area contributed by atoms with Crippen molar-refractivity contribution < 1.29 is 9.59 Å². The normalized spacial score (nSPS) is 19.2. The van der Waals surface area contributed by atoms with E-state index in [9.17, 15) is 9.59 Å². The first-order valence-corrected chi connectivity index (χ1v) is 5.52. The van der Waals surface area contributed by atoms with Crippen LogP contribution in [0.4, 0.5) is 0 Å². The van der Waals surface area contributed by atoms with Crippen molar-refractivity contribution in [2.24, 2.45) is 5.92 Å². The van der Waals surface area contributed by atoms with Crippen molar-refractivity contribution in [2.45, 2.75) is 26.3 Å². The molecule has 0 aromatic heterocycles. The van der Waals surface area contributed by atoms with Gasteiger partial charge in [0.2, 0.25) is 0 Å². The molecule has 0 spiro atoms. The second-order valence-electron chi connectivity index (χ2n) is 4.44. The third kappa shape index (κ3) is 1.85. The minimum Gasteiger partial charge on any atom is -0.342 e. The largest absolute Gasteiger partial charge is 0.342 e. The molecule has 0 fully saturated rings. The predicted molar refractivity (Wildman–Crippen MR) is 61.2 cm³/mol. The highest BCUT2D eigenvalue weighted by Crippen LogP contribution is 2.18. The quantitative estimate of drug-likeness (QED) is 0.817. The lowest BCUT2D eigenvalue weighted by Crippen LogP contribution is -2.47. The number of hydrogen-bond donors (Lipinski definition) is 1. The van der Waals surface area contributed by atoms with Gasteiger partial charge in [-0.1, -0.05) is 32.0 Å². The monoisotopic (exact) mass is 217 g/mol.